The zero-order chi connectivity index (χ0) is 14.3. The van der Waals surface area contributed by atoms with E-state index < -0.39 is 16.9 Å². The monoisotopic (exact) mass is 270 g/mol. The number of rotatable bonds is 8. The molecule has 9 nitrogen and oxygen atoms in total. The summed E-state index contributed by atoms with van der Waals surface area (Å²) >= 11 is 0. The van der Waals surface area contributed by atoms with Gasteiger partial charge in [-0.25, -0.2) is 14.8 Å². The lowest BCUT2D eigenvalue weighted by atomic mass is 10.1. The van der Waals surface area contributed by atoms with Gasteiger partial charge in [-0.3, -0.25) is 10.1 Å². The average molecular weight is 270 g/mol. The molecule has 19 heavy (non-hydrogen) atoms. The highest BCUT2D eigenvalue weighted by Gasteiger charge is 2.18. The number of carboxylic acids is 1. The van der Waals surface area contributed by atoms with Crippen molar-refractivity contribution < 1.29 is 19.6 Å². The fraction of sp³-hybridized carbons (Fsp3) is 0.500. The standard InChI is InChI=1S/C10H14N4O5/c1-19-4-2-3-8(9(15)16)13-10-11-5-7(6-12-10)14(17)18/h5-6,8H,2-4H2,1H3,(H,15,16)(H,11,12,13). The Balaban J connectivity index is 2.63. The van der Waals surface area contributed by atoms with E-state index in [2.05, 4.69) is 15.3 Å². The van der Waals surface area contributed by atoms with Crippen molar-refractivity contribution in [3.63, 3.8) is 0 Å². The second kappa shape index (κ2) is 7.21. The Bertz CT molecular complexity index is 436. The zero-order valence-electron chi connectivity index (χ0n) is 10.3. The zero-order valence-corrected chi connectivity index (χ0v) is 10.3. The maximum atomic E-state index is 11.0. The minimum absolute atomic E-state index is 0.0374. The summed E-state index contributed by atoms with van der Waals surface area (Å²) in [6.07, 6.45) is 2.93. The van der Waals surface area contributed by atoms with Gasteiger partial charge in [0.05, 0.1) is 4.92 Å². The highest BCUT2D eigenvalue weighted by atomic mass is 16.6. The molecule has 9 heteroatoms. The summed E-state index contributed by atoms with van der Waals surface area (Å²) in [5.41, 5.74) is -0.253. The molecular formula is C10H14N4O5. The third-order valence-electron chi connectivity index (χ3n) is 2.29. The lowest BCUT2D eigenvalue weighted by Crippen LogP contribution is -2.30. The summed E-state index contributed by atoms with van der Waals surface area (Å²) in [7, 11) is 1.53. The second-order valence-corrected chi connectivity index (χ2v) is 3.69. The van der Waals surface area contributed by atoms with Crippen LogP contribution in [0, 0.1) is 10.1 Å². The first-order valence-corrected chi connectivity index (χ1v) is 5.49. The van der Waals surface area contributed by atoms with Gasteiger partial charge in [-0.1, -0.05) is 0 Å². The first-order chi connectivity index (χ1) is 9.04. The van der Waals surface area contributed by atoms with E-state index in [-0.39, 0.29) is 11.6 Å². The molecule has 1 heterocycles. The molecule has 0 aliphatic carbocycles. The van der Waals surface area contributed by atoms with E-state index in [0.29, 0.717) is 19.4 Å². The molecule has 0 aliphatic rings. The quantitative estimate of drug-likeness (QED) is 0.401. The molecule has 0 saturated carbocycles. The van der Waals surface area contributed by atoms with Crippen molar-refractivity contribution in [2.24, 2.45) is 0 Å². The number of nitrogens with zero attached hydrogens (tertiary/aromatic N) is 3. The number of hydrogen-bond acceptors (Lipinski definition) is 7. The lowest BCUT2D eigenvalue weighted by Gasteiger charge is -2.13. The molecule has 104 valence electrons. The van der Waals surface area contributed by atoms with Crippen molar-refractivity contribution in [3.05, 3.63) is 22.5 Å². The normalized spacial score (nSPS) is 11.8. The number of methoxy groups -OCH3 is 1. The van der Waals surface area contributed by atoms with Gasteiger partial charge in [-0.15, -0.1) is 0 Å². The fourth-order valence-electron chi connectivity index (χ4n) is 1.34. The molecule has 0 saturated heterocycles. The topological polar surface area (TPSA) is 127 Å². The molecular weight excluding hydrogens is 256 g/mol. The van der Waals surface area contributed by atoms with Crippen molar-refractivity contribution in [1.82, 2.24) is 9.97 Å². The SMILES string of the molecule is COCCCC(Nc1ncc([N+](=O)[O-])cn1)C(=O)O. The third-order valence-corrected chi connectivity index (χ3v) is 2.29. The summed E-state index contributed by atoms with van der Waals surface area (Å²) < 4.78 is 4.84. The van der Waals surface area contributed by atoms with Gasteiger partial charge in [0, 0.05) is 13.7 Å². The van der Waals surface area contributed by atoms with Crippen molar-refractivity contribution in [1.29, 1.82) is 0 Å². The van der Waals surface area contributed by atoms with Gasteiger partial charge in [0.15, 0.2) is 0 Å². The van der Waals surface area contributed by atoms with E-state index in [0.717, 1.165) is 12.4 Å². The van der Waals surface area contributed by atoms with Crippen LogP contribution in [0.1, 0.15) is 12.8 Å². The van der Waals surface area contributed by atoms with Crippen LogP contribution < -0.4 is 5.32 Å². The van der Waals surface area contributed by atoms with Gasteiger partial charge < -0.3 is 15.2 Å². The minimum atomic E-state index is -1.04. The number of ether oxygens (including phenoxy) is 1. The van der Waals surface area contributed by atoms with E-state index in [1.807, 2.05) is 0 Å². The first-order valence-electron chi connectivity index (χ1n) is 5.49. The van der Waals surface area contributed by atoms with Gasteiger partial charge in [-0.05, 0) is 12.8 Å². The molecule has 0 aromatic carbocycles. The lowest BCUT2D eigenvalue weighted by molar-refractivity contribution is -0.385. The Hall–Kier alpha value is -2.29. The number of nitrogens with one attached hydrogen (secondary N) is 1. The molecule has 1 atom stereocenters. The van der Waals surface area contributed by atoms with Crippen LogP contribution in [0.2, 0.25) is 0 Å². The number of anilines is 1. The van der Waals surface area contributed by atoms with Gasteiger partial charge in [0.2, 0.25) is 5.95 Å². The minimum Gasteiger partial charge on any atom is -0.480 e. The fourth-order valence-corrected chi connectivity index (χ4v) is 1.34. The highest BCUT2D eigenvalue weighted by molar-refractivity contribution is 5.76. The second-order valence-electron chi connectivity index (χ2n) is 3.69. The van der Waals surface area contributed by atoms with E-state index >= 15 is 0 Å². The van der Waals surface area contributed by atoms with Crippen LogP contribution in [0.5, 0.6) is 0 Å². The van der Waals surface area contributed by atoms with Gasteiger partial charge in [0.1, 0.15) is 18.4 Å². The van der Waals surface area contributed by atoms with Crippen LogP contribution in [0.3, 0.4) is 0 Å². The molecule has 2 N–H and O–H groups in total. The Kier molecular flexibility index (Phi) is 5.61. The van der Waals surface area contributed by atoms with Crippen molar-refractivity contribution >= 4 is 17.6 Å². The first kappa shape index (κ1) is 14.8. The largest absolute Gasteiger partial charge is 0.480 e. The molecule has 1 aromatic rings. The van der Waals surface area contributed by atoms with E-state index in [9.17, 15) is 14.9 Å². The van der Waals surface area contributed by atoms with Crippen LogP contribution in [0.4, 0.5) is 11.6 Å². The van der Waals surface area contributed by atoms with Crippen molar-refractivity contribution in [3.8, 4) is 0 Å². The Morgan fingerprint density at radius 1 is 1.58 bits per heavy atom. The van der Waals surface area contributed by atoms with Crippen LogP contribution in [-0.2, 0) is 9.53 Å². The van der Waals surface area contributed by atoms with Gasteiger partial charge >= 0.3 is 11.7 Å². The number of carboxylic acid groups (broad SMARTS) is 1. The van der Waals surface area contributed by atoms with Crippen LogP contribution >= 0.6 is 0 Å². The molecule has 1 unspecified atom stereocenters. The molecule has 0 bridgehead atoms. The summed E-state index contributed by atoms with van der Waals surface area (Å²) in [6, 6.07) is -0.864. The maximum Gasteiger partial charge on any atom is 0.326 e. The predicted molar refractivity (Wildman–Crippen MR) is 64.8 cm³/mol. The molecule has 0 amide bonds. The van der Waals surface area contributed by atoms with Crippen LogP contribution in [0.25, 0.3) is 0 Å². The molecule has 0 aliphatic heterocycles. The summed E-state index contributed by atoms with van der Waals surface area (Å²) in [6.45, 7) is 0.451. The van der Waals surface area contributed by atoms with Crippen LogP contribution in [-0.4, -0.2) is 45.7 Å². The summed E-state index contributed by atoms with van der Waals surface area (Å²) in [4.78, 5) is 28.2. The van der Waals surface area contributed by atoms with Crippen molar-refractivity contribution in [2.75, 3.05) is 19.0 Å². The molecule has 1 rings (SSSR count). The average Bonchev–Trinajstić information content (AvgIpc) is 2.38. The number of aliphatic carboxylic acids is 1. The number of carbonyl (C=O) groups is 1. The third kappa shape index (κ3) is 4.84. The molecule has 0 fully saturated rings. The molecule has 1 aromatic heterocycles. The summed E-state index contributed by atoms with van der Waals surface area (Å²) in [5.74, 6) is -1.01. The smallest absolute Gasteiger partial charge is 0.326 e. The van der Waals surface area contributed by atoms with E-state index in [1.54, 1.807) is 0 Å². The molecule has 0 radical (unpaired) electrons. The predicted octanol–water partition coefficient (Wildman–Crippen LogP) is 0.676. The van der Waals surface area contributed by atoms with Gasteiger partial charge in [0.25, 0.3) is 0 Å². The Morgan fingerprint density at radius 2 is 2.21 bits per heavy atom. The Morgan fingerprint density at radius 3 is 2.68 bits per heavy atom. The number of nitro groups is 1. The number of hydrogen-bond donors (Lipinski definition) is 2. The van der Waals surface area contributed by atoms with Crippen molar-refractivity contribution in [2.45, 2.75) is 18.9 Å². The summed E-state index contributed by atoms with van der Waals surface area (Å²) in [5, 5.41) is 22.0. The Labute approximate surface area is 108 Å². The highest BCUT2D eigenvalue weighted by Crippen LogP contribution is 2.10. The molecule has 0 spiro atoms. The number of aromatic nitrogens is 2. The van der Waals surface area contributed by atoms with Crippen LogP contribution in [0.15, 0.2) is 12.4 Å². The van der Waals surface area contributed by atoms with E-state index in [4.69, 9.17) is 9.84 Å². The van der Waals surface area contributed by atoms with Gasteiger partial charge in [-0.2, -0.15) is 0 Å². The van der Waals surface area contributed by atoms with E-state index in [1.165, 1.54) is 7.11 Å². The maximum absolute atomic E-state index is 11.0.